The minimum atomic E-state index is 0.459. The van der Waals surface area contributed by atoms with E-state index < -0.39 is 0 Å². The highest BCUT2D eigenvalue weighted by atomic mass is 32.1. The van der Waals surface area contributed by atoms with Gasteiger partial charge in [-0.25, -0.2) is 0 Å². The van der Waals surface area contributed by atoms with Gasteiger partial charge in [-0.05, 0) is 17.9 Å². The number of nitrogens with one attached hydrogen (secondary N) is 1. The first-order chi connectivity index (χ1) is 7.79. The molecule has 1 unspecified atom stereocenters. The number of hydrogen-bond acceptors (Lipinski definition) is 3. The van der Waals surface area contributed by atoms with Gasteiger partial charge < -0.3 is 5.32 Å². The highest BCUT2D eigenvalue weighted by molar-refractivity contribution is 7.10. The largest absolute Gasteiger partial charge is 0.305 e. The lowest BCUT2D eigenvalue weighted by Gasteiger charge is -2.14. The zero-order chi connectivity index (χ0) is 11.4. The van der Waals surface area contributed by atoms with Crippen LogP contribution in [0.3, 0.4) is 0 Å². The average Bonchev–Trinajstić information content (AvgIpc) is 2.91. The summed E-state index contributed by atoms with van der Waals surface area (Å²) in [6.45, 7) is 3.09. The summed E-state index contributed by atoms with van der Waals surface area (Å²) in [5, 5.41) is 9.85. The molecule has 2 heterocycles. The molecule has 2 aromatic rings. The Labute approximate surface area is 100 Å². The summed E-state index contributed by atoms with van der Waals surface area (Å²) in [5.74, 6) is 0. The summed E-state index contributed by atoms with van der Waals surface area (Å²) < 4.78 is 1.84. The lowest BCUT2D eigenvalue weighted by Crippen LogP contribution is -2.19. The third kappa shape index (κ3) is 2.71. The van der Waals surface area contributed by atoms with Crippen molar-refractivity contribution in [3.8, 4) is 0 Å². The molecule has 0 bridgehead atoms. The Morgan fingerprint density at radius 1 is 1.56 bits per heavy atom. The van der Waals surface area contributed by atoms with Crippen molar-refractivity contribution in [3.63, 3.8) is 0 Å². The van der Waals surface area contributed by atoms with Gasteiger partial charge >= 0.3 is 0 Å². The van der Waals surface area contributed by atoms with Crippen molar-refractivity contribution in [2.45, 2.75) is 25.9 Å². The fourth-order valence-electron chi connectivity index (χ4n) is 1.74. The molecular formula is C12H17N3S. The molecule has 4 heteroatoms. The number of aromatic nitrogens is 2. The Kier molecular flexibility index (Phi) is 3.74. The van der Waals surface area contributed by atoms with Gasteiger partial charge in [0.15, 0.2) is 0 Å². The fraction of sp³-hybridized carbons (Fsp3) is 0.417. The van der Waals surface area contributed by atoms with Crippen LogP contribution in [0.1, 0.15) is 29.8 Å². The number of hydrogen-bond donors (Lipinski definition) is 1. The average molecular weight is 235 g/mol. The molecule has 0 saturated heterocycles. The molecule has 0 amide bonds. The lowest BCUT2D eigenvalue weighted by molar-refractivity contribution is 0.526. The van der Waals surface area contributed by atoms with Crippen LogP contribution in [0.2, 0.25) is 0 Å². The van der Waals surface area contributed by atoms with Gasteiger partial charge in [-0.2, -0.15) is 5.10 Å². The van der Waals surface area contributed by atoms with Gasteiger partial charge in [0.25, 0.3) is 0 Å². The minimum Gasteiger partial charge on any atom is -0.305 e. The van der Waals surface area contributed by atoms with Crippen LogP contribution in [0, 0.1) is 0 Å². The molecule has 0 aromatic carbocycles. The van der Waals surface area contributed by atoms with Crippen LogP contribution >= 0.6 is 11.3 Å². The van der Waals surface area contributed by atoms with Crippen LogP contribution in [-0.2, 0) is 13.6 Å². The van der Waals surface area contributed by atoms with Crippen molar-refractivity contribution in [2.75, 3.05) is 0 Å². The molecule has 0 aliphatic carbocycles. The second-order valence-corrected chi connectivity index (χ2v) is 4.86. The number of nitrogens with zero attached hydrogens (tertiary/aromatic N) is 2. The van der Waals surface area contributed by atoms with Gasteiger partial charge in [-0.1, -0.05) is 13.0 Å². The van der Waals surface area contributed by atoms with E-state index in [-0.39, 0.29) is 0 Å². The Hall–Kier alpha value is -1.13. The maximum absolute atomic E-state index is 4.16. The first kappa shape index (κ1) is 11.4. The second kappa shape index (κ2) is 5.27. The number of rotatable bonds is 5. The maximum atomic E-state index is 4.16. The predicted octanol–water partition coefficient (Wildman–Crippen LogP) is 2.72. The number of aryl methyl sites for hydroxylation is 1. The van der Waals surface area contributed by atoms with E-state index in [9.17, 15) is 0 Å². The van der Waals surface area contributed by atoms with E-state index in [1.807, 2.05) is 35.5 Å². The van der Waals surface area contributed by atoms with E-state index in [4.69, 9.17) is 0 Å². The van der Waals surface area contributed by atoms with E-state index in [2.05, 4.69) is 34.9 Å². The SMILES string of the molecule is CCC(NCc1cnn(C)c1)c1cccs1. The fourth-order valence-corrected chi connectivity index (χ4v) is 2.63. The van der Waals surface area contributed by atoms with Gasteiger partial charge in [-0.15, -0.1) is 11.3 Å². The van der Waals surface area contributed by atoms with Crippen molar-refractivity contribution >= 4 is 11.3 Å². The van der Waals surface area contributed by atoms with Gasteiger partial charge in [0.05, 0.1) is 6.20 Å². The predicted molar refractivity (Wildman–Crippen MR) is 67.4 cm³/mol. The molecule has 0 fully saturated rings. The standard InChI is InChI=1S/C12H17N3S/c1-3-11(12-5-4-6-16-12)13-7-10-8-14-15(2)9-10/h4-6,8-9,11,13H,3,7H2,1-2H3. The molecule has 2 rings (SSSR count). The zero-order valence-corrected chi connectivity index (χ0v) is 10.5. The van der Waals surface area contributed by atoms with Gasteiger partial charge in [0.2, 0.25) is 0 Å². The van der Waals surface area contributed by atoms with Crippen molar-refractivity contribution in [1.29, 1.82) is 0 Å². The normalized spacial score (nSPS) is 12.9. The first-order valence-electron chi connectivity index (χ1n) is 5.54. The van der Waals surface area contributed by atoms with Gasteiger partial charge in [0, 0.05) is 36.3 Å². The Balaban J connectivity index is 1.93. The zero-order valence-electron chi connectivity index (χ0n) is 9.68. The Bertz CT molecular complexity index is 419. The van der Waals surface area contributed by atoms with Crippen LogP contribution in [0.15, 0.2) is 29.9 Å². The second-order valence-electron chi connectivity index (χ2n) is 3.88. The molecule has 0 aliphatic heterocycles. The summed E-state index contributed by atoms with van der Waals surface area (Å²) in [4.78, 5) is 1.41. The molecule has 3 nitrogen and oxygen atoms in total. The molecular weight excluding hydrogens is 218 g/mol. The molecule has 0 aliphatic rings. The highest BCUT2D eigenvalue weighted by Crippen LogP contribution is 2.21. The summed E-state index contributed by atoms with van der Waals surface area (Å²) in [6, 6.07) is 4.75. The summed E-state index contributed by atoms with van der Waals surface area (Å²) in [7, 11) is 1.94. The number of thiophene rings is 1. The van der Waals surface area contributed by atoms with E-state index >= 15 is 0 Å². The molecule has 0 saturated carbocycles. The molecule has 86 valence electrons. The van der Waals surface area contributed by atoms with Crippen LogP contribution in [0.4, 0.5) is 0 Å². The topological polar surface area (TPSA) is 29.9 Å². The molecule has 1 N–H and O–H groups in total. The highest BCUT2D eigenvalue weighted by Gasteiger charge is 2.09. The first-order valence-corrected chi connectivity index (χ1v) is 6.42. The molecule has 16 heavy (non-hydrogen) atoms. The lowest BCUT2D eigenvalue weighted by atomic mass is 10.2. The quantitative estimate of drug-likeness (QED) is 0.863. The van der Waals surface area contributed by atoms with E-state index in [0.717, 1.165) is 13.0 Å². The van der Waals surface area contributed by atoms with E-state index in [0.29, 0.717) is 6.04 Å². The summed E-state index contributed by atoms with van der Waals surface area (Å²) in [5.41, 5.74) is 1.23. The van der Waals surface area contributed by atoms with Crippen LogP contribution < -0.4 is 5.32 Å². The minimum absolute atomic E-state index is 0.459. The third-order valence-corrected chi connectivity index (χ3v) is 3.59. The monoisotopic (exact) mass is 235 g/mol. The Morgan fingerprint density at radius 3 is 3.00 bits per heavy atom. The molecule has 2 aromatic heterocycles. The van der Waals surface area contributed by atoms with E-state index in [1.54, 1.807) is 0 Å². The van der Waals surface area contributed by atoms with Crippen molar-refractivity contribution < 1.29 is 0 Å². The van der Waals surface area contributed by atoms with Gasteiger partial charge in [-0.3, -0.25) is 4.68 Å². The van der Waals surface area contributed by atoms with Crippen molar-refractivity contribution in [2.24, 2.45) is 7.05 Å². The molecule has 1 atom stereocenters. The summed E-state index contributed by atoms with van der Waals surface area (Å²) in [6.07, 6.45) is 5.07. The summed E-state index contributed by atoms with van der Waals surface area (Å²) >= 11 is 1.81. The van der Waals surface area contributed by atoms with Crippen LogP contribution in [-0.4, -0.2) is 9.78 Å². The van der Waals surface area contributed by atoms with Crippen molar-refractivity contribution in [3.05, 3.63) is 40.3 Å². The third-order valence-electron chi connectivity index (χ3n) is 2.61. The Morgan fingerprint density at radius 2 is 2.44 bits per heavy atom. The van der Waals surface area contributed by atoms with Gasteiger partial charge in [0.1, 0.15) is 0 Å². The molecule has 0 spiro atoms. The smallest absolute Gasteiger partial charge is 0.0534 e. The van der Waals surface area contributed by atoms with Crippen LogP contribution in [0.25, 0.3) is 0 Å². The van der Waals surface area contributed by atoms with E-state index in [1.165, 1.54) is 10.4 Å². The van der Waals surface area contributed by atoms with Crippen LogP contribution in [0.5, 0.6) is 0 Å². The maximum Gasteiger partial charge on any atom is 0.0534 e. The van der Waals surface area contributed by atoms with Crippen molar-refractivity contribution in [1.82, 2.24) is 15.1 Å². The molecule has 0 radical (unpaired) electrons.